The molecule has 1 aromatic carbocycles. The molecule has 3 rings (SSSR count). The van der Waals surface area contributed by atoms with E-state index in [1.54, 1.807) is 13.2 Å². The molecule has 1 atom stereocenters. The third-order valence-corrected chi connectivity index (χ3v) is 5.04. The van der Waals surface area contributed by atoms with Crippen molar-refractivity contribution < 1.29 is 14.3 Å². The predicted octanol–water partition coefficient (Wildman–Crippen LogP) is 4.47. The third kappa shape index (κ3) is 3.87. The summed E-state index contributed by atoms with van der Waals surface area (Å²) in [5.41, 5.74) is 1.33. The average Bonchev–Trinajstić information content (AvgIpc) is 3.00. The molecular weight excluding hydrogens is 328 g/mol. The Morgan fingerprint density at radius 1 is 1.31 bits per heavy atom. The number of carbonyl (C=O) groups is 1. The number of benzene rings is 1. The van der Waals surface area contributed by atoms with Crippen molar-refractivity contribution >= 4 is 17.8 Å². The number of methoxy groups -OCH3 is 1. The van der Waals surface area contributed by atoms with Gasteiger partial charge in [-0.2, -0.15) is 0 Å². The molecule has 0 bridgehead atoms. The van der Waals surface area contributed by atoms with Gasteiger partial charge in [0, 0.05) is 18.8 Å². The van der Waals surface area contributed by atoms with E-state index in [2.05, 4.69) is 32.7 Å². The van der Waals surface area contributed by atoms with Crippen LogP contribution in [0.15, 0.2) is 17.1 Å². The van der Waals surface area contributed by atoms with Gasteiger partial charge in [0.1, 0.15) is 0 Å². The second-order valence-electron chi connectivity index (χ2n) is 8.56. The maximum Gasteiger partial charge on any atom is 0.256 e. The van der Waals surface area contributed by atoms with Crippen molar-refractivity contribution in [3.63, 3.8) is 0 Å². The van der Waals surface area contributed by atoms with Crippen LogP contribution in [0.5, 0.6) is 11.5 Å². The Bertz CT molecular complexity index is 709. The van der Waals surface area contributed by atoms with Crippen molar-refractivity contribution in [1.29, 1.82) is 0 Å². The Morgan fingerprint density at radius 3 is 2.77 bits per heavy atom. The fourth-order valence-electron chi connectivity index (χ4n) is 4.06. The zero-order chi connectivity index (χ0) is 18.9. The minimum Gasteiger partial charge on any atom is -0.493 e. The van der Waals surface area contributed by atoms with Crippen molar-refractivity contribution in [1.82, 2.24) is 4.90 Å². The number of fused-ring (bicyclic) bond motifs is 2. The van der Waals surface area contributed by atoms with Crippen LogP contribution >= 0.6 is 0 Å². The number of aliphatic imine (C=N–C) groups is 1. The van der Waals surface area contributed by atoms with Crippen LogP contribution in [0.25, 0.3) is 0 Å². The zero-order valence-corrected chi connectivity index (χ0v) is 16.5. The predicted molar refractivity (Wildman–Crippen MR) is 104 cm³/mol. The molecule has 26 heavy (non-hydrogen) atoms. The van der Waals surface area contributed by atoms with Gasteiger partial charge in [-0.25, -0.2) is 0 Å². The van der Waals surface area contributed by atoms with E-state index in [1.807, 2.05) is 17.2 Å². The minimum atomic E-state index is 0.0324. The van der Waals surface area contributed by atoms with Gasteiger partial charge >= 0.3 is 0 Å². The molecular formula is C21H30N2O3. The Labute approximate surface area is 156 Å². The van der Waals surface area contributed by atoms with Gasteiger partial charge in [0.05, 0.1) is 31.0 Å². The van der Waals surface area contributed by atoms with Crippen molar-refractivity contribution in [2.45, 2.75) is 53.0 Å². The highest BCUT2D eigenvalue weighted by molar-refractivity contribution is 6.03. The first kappa shape index (κ1) is 18.7. The molecule has 0 saturated carbocycles. The van der Waals surface area contributed by atoms with Crippen LogP contribution in [0.1, 0.15) is 57.3 Å². The maximum absolute atomic E-state index is 12.9. The number of rotatable bonds is 6. The Hall–Kier alpha value is -2.04. The molecule has 5 nitrogen and oxygen atoms in total. The van der Waals surface area contributed by atoms with E-state index in [0.717, 1.165) is 25.8 Å². The van der Waals surface area contributed by atoms with E-state index >= 15 is 0 Å². The van der Waals surface area contributed by atoms with Crippen molar-refractivity contribution in [3.8, 4) is 11.5 Å². The van der Waals surface area contributed by atoms with Gasteiger partial charge in [-0.1, -0.05) is 27.7 Å². The second-order valence-corrected chi connectivity index (χ2v) is 8.56. The molecule has 1 fully saturated rings. The molecule has 5 heteroatoms. The maximum atomic E-state index is 12.9. The van der Waals surface area contributed by atoms with E-state index in [1.165, 1.54) is 0 Å². The molecule has 0 aromatic heterocycles. The molecule has 0 radical (unpaired) electrons. The summed E-state index contributed by atoms with van der Waals surface area (Å²) in [6, 6.07) is 3.73. The molecule has 0 spiro atoms. The molecule has 2 heterocycles. The number of ether oxygens (including phenoxy) is 2. The first-order chi connectivity index (χ1) is 12.3. The molecule has 2 aliphatic rings. The van der Waals surface area contributed by atoms with E-state index in [0.29, 0.717) is 35.3 Å². The van der Waals surface area contributed by atoms with E-state index in [4.69, 9.17) is 9.47 Å². The molecule has 0 aliphatic carbocycles. The number of carbonyl (C=O) groups excluding carboxylic acids is 1. The lowest BCUT2D eigenvalue weighted by Crippen LogP contribution is -2.35. The van der Waals surface area contributed by atoms with Gasteiger partial charge < -0.3 is 14.4 Å². The number of amides is 1. The summed E-state index contributed by atoms with van der Waals surface area (Å²) in [6.45, 7) is 10.2. The smallest absolute Gasteiger partial charge is 0.256 e. The monoisotopic (exact) mass is 358 g/mol. The van der Waals surface area contributed by atoms with E-state index < -0.39 is 0 Å². The SMILES string of the molecule is COc1cc2c(cc1OCC(C)(C)CC(C)C)N=CC1CCCN1C2=O. The van der Waals surface area contributed by atoms with Gasteiger partial charge in [-0.05, 0) is 36.7 Å². The summed E-state index contributed by atoms with van der Waals surface area (Å²) in [4.78, 5) is 19.4. The fraction of sp³-hybridized carbons (Fsp3) is 0.619. The highest BCUT2D eigenvalue weighted by Crippen LogP contribution is 2.39. The Kier molecular flexibility index (Phi) is 5.26. The normalized spacial score (nSPS) is 19.4. The van der Waals surface area contributed by atoms with Crippen LogP contribution in [-0.4, -0.2) is 43.3 Å². The molecule has 0 N–H and O–H groups in total. The van der Waals surface area contributed by atoms with Crippen molar-refractivity contribution in [3.05, 3.63) is 17.7 Å². The quantitative estimate of drug-likeness (QED) is 0.754. The first-order valence-electron chi connectivity index (χ1n) is 9.51. The molecule has 1 saturated heterocycles. The average molecular weight is 358 g/mol. The second kappa shape index (κ2) is 7.29. The largest absolute Gasteiger partial charge is 0.493 e. The summed E-state index contributed by atoms with van der Waals surface area (Å²) in [7, 11) is 1.61. The van der Waals surface area contributed by atoms with Crippen LogP contribution < -0.4 is 9.47 Å². The lowest BCUT2D eigenvalue weighted by molar-refractivity contribution is 0.0774. The number of hydrogen-bond acceptors (Lipinski definition) is 4. The van der Waals surface area contributed by atoms with Crippen molar-refractivity contribution in [2.75, 3.05) is 20.3 Å². The first-order valence-corrected chi connectivity index (χ1v) is 9.51. The Balaban J connectivity index is 1.87. The molecule has 2 aliphatic heterocycles. The van der Waals surface area contributed by atoms with Crippen LogP contribution in [-0.2, 0) is 0 Å². The van der Waals surface area contributed by atoms with Crippen LogP contribution in [0.3, 0.4) is 0 Å². The summed E-state index contributed by atoms with van der Waals surface area (Å²) < 4.78 is 11.6. The lowest BCUT2D eigenvalue weighted by Gasteiger charge is -2.27. The minimum absolute atomic E-state index is 0.0324. The van der Waals surface area contributed by atoms with Gasteiger partial charge in [0.15, 0.2) is 11.5 Å². The molecule has 142 valence electrons. The highest BCUT2D eigenvalue weighted by atomic mass is 16.5. The molecule has 1 amide bonds. The van der Waals surface area contributed by atoms with Crippen LogP contribution in [0, 0.1) is 11.3 Å². The standard InChI is InChI=1S/C21H30N2O3/c1-14(2)11-21(3,4)13-26-19-10-17-16(9-18(19)25-5)20(24)23-8-6-7-15(23)12-22-17/h9-10,12,14-15H,6-8,11,13H2,1-5H3. The highest BCUT2D eigenvalue weighted by Gasteiger charge is 2.32. The zero-order valence-electron chi connectivity index (χ0n) is 16.5. The van der Waals surface area contributed by atoms with E-state index in [9.17, 15) is 4.79 Å². The summed E-state index contributed by atoms with van der Waals surface area (Å²) >= 11 is 0. The van der Waals surface area contributed by atoms with Gasteiger partial charge in [0.2, 0.25) is 0 Å². The van der Waals surface area contributed by atoms with Crippen molar-refractivity contribution in [2.24, 2.45) is 16.3 Å². The lowest BCUT2D eigenvalue weighted by atomic mass is 9.85. The number of nitrogens with zero attached hydrogens (tertiary/aromatic N) is 2. The van der Waals surface area contributed by atoms with Gasteiger partial charge in [-0.15, -0.1) is 0 Å². The van der Waals surface area contributed by atoms with Gasteiger partial charge in [0.25, 0.3) is 5.91 Å². The summed E-state index contributed by atoms with van der Waals surface area (Å²) in [5, 5.41) is 0. The fourth-order valence-corrected chi connectivity index (χ4v) is 4.06. The topological polar surface area (TPSA) is 51.1 Å². The van der Waals surface area contributed by atoms with Gasteiger partial charge in [-0.3, -0.25) is 9.79 Å². The number of hydrogen-bond donors (Lipinski definition) is 0. The Morgan fingerprint density at radius 2 is 2.08 bits per heavy atom. The third-order valence-electron chi connectivity index (χ3n) is 5.04. The van der Waals surface area contributed by atoms with E-state index in [-0.39, 0.29) is 17.4 Å². The summed E-state index contributed by atoms with van der Waals surface area (Å²) in [5.74, 6) is 1.88. The molecule has 1 unspecified atom stereocenters. The van der Waals surface area contributed by atoms with Crippen LogP contribution in [0.2, 0.25) is 0 Å². The van der Waals surface area contributed by atoms with Crippen LogP contribution in [0.4, 0.5) is 5.69 Å². The molecule has 1 aromatic rings. The summed E-state index contributed by atoms with van der Waals surface area (Å²) in [6.07, 6.45) is 4.98.